The molecule has 0 bridgehead atoms. The molecule has 4 heteroatoms. The van der Waals surface area contributed by atoms with Crippen LogP contribution in [-0.4, -0.2) is 20.4 Å². The highest BCUT2D eigenvalue weighted by molar-refractivity contribution is 4.90. The van der Waals surface area contributed by atoms with Gasteiger partial charge in [-0.3, -0.25) is 0 Å². The Bertz CT molecular complexity index is 184. The van der Waals surface area contributed by atoms with Crippen LogP contribution in [0.1, 0.15) is 19.0 Å². The van der Waals surface area contributed by atoms with Crippen molar-refractivity contribution in [1.29, 1.82) is 0 Å². The SMILES string of the molecule is CCCc1cn(O)nn1. The zero-order chi connectivity index (χ0) is 6.69. The summed E-state index contributed by atoms with van der Waals surface area (Å²) in [6.45, 7) is 2.05. The Kier molecular flexibility index (Phi) is 1.67. The fourth-order valence-corrected chi connectivity index (χ4v) is 0.659. The molecule has 0 amide bonds. The van der Waals surface area contributed by atoms with Crippen molar-refractivity contribution in [2.45, 2.75) is 19.8 Å². The fraction of sp³-hybridized carbons (Fsp3) is 0.600. The van der Waals surface area contributed by atoms with Gasteiger partial charge in [0, 0.05) is 0 Å². The number of hydrogen-bond donors (Lipinski definition) is 1. The number of rotatable bonds is 2. The van der Waals surface area contributed by atoms with E-state index in [1.54, 1.807) is 0 Å². The Labute approximate surface area is 53.1 Å². The van der Waals surface area contributed by atoms with Crippen molar-refractivity contribution in [2.75, 3.05) is 0 Å². The van der Waals surface area contributed by atoms with Gasteiger partial charge in [-0.2, -0.15) is 0 Å². The van der Waals surface area contributed by atoms with Gasteiger partial charge < -0.3 is 5.21 Å². The molecule has 0 atom stereocenters. The highest BCUT2D eigenvalue weighted by Crippen LogP contribution is 1.94. The van der Waals surface area contributed by atoms with Crippen LogP contribution in [0.25, 0.3) is 0 Å². The van der Waals surface area contributed by atoms with Crippen LogP contribution in [0.5, 0.6) is 0 Å². The van der Waals surface area contributed by atoms with E-state index in [-0.39, 0.29) is 0 Å². The summed E-state index contributed by atoms with van der Waals surface area (Å²) in [6.07, 6.45) is 3.41. The third kappa shape index (κ3) is 1.42. The summed E-state index contributed by atoms with van der Waals surface area (Å²) in [5.41, 5.74) is 0.833. The monoisotopic (exact) mass is 127 g/mol. The van der Waals surface area contributed by atoms with Gasteiger partial charge in [0.25, 0.3) is 0 Å². The van der Waals surface area contributed by atoms with E-state index in [0.29, 0.717) is 0 Å². The average molecular weight is 127 g/mol. The first-order valence-corrected chi connectivity index (χ1v) is 2.93. The topological polar surface area (TPSA) is 50.9 Å². The molecule has 0 aliphatic rings. The zero-order valence-electron chi connectivity index (χ0n) is 5.28. The molecule has 1 aromatic heterocycles. The first-order valence-electron chi connectivity index (χ1n) is 2.93. The van der Waals surface area contributed by atoms with Crippen LogP contribution in [0, 0.1) is 0 Å². The Morgan fingerprint density at radius 2 is 2.56 bits per heavy atom. The zero-order valence-corrected chi connectivity index (χ0v) is 5.28. The van der Waals surface area contributed by atoms with Gasteiger partial charge >= 0.3 is 0 Å². The van der Waals surface area contributed by atoms with Crippen LogP contribution in [0.4, 0.5) is 0 Å². The lowest BCUT2D eigenvalue weighted by Gasteiger charge is -1.83. The molecule has 0 unspecified atom stereocenters. The molecule has 4 nitrogen and oxygen atoms in total. The van der Waals surface area contributed by atoms with Gasteiger partial charge in [-0.15, -0.1) is 5.10 Å². The Balaban J connectivity index is 2.61. The van der Waals surface area contributed by atoms with E-state index < -0.39 is 0 Å². The van der Waals surface area contributed by atoms with Crippen LogP contribution in [0.3, 0.4) is 0 Å². The molecule has 50 valence electrons. The van der Waals surface area contributed by atoms with Gasteiger partial charge in [-0.1, -0.05) is 18.2 Å². The van der Waals surface area contributed by atoms with E-state index in [0.717, 1.165) is 23.4 Å². The molecule has 0 saturated carbocycles. The van der Waals surface area contributed by atoms with Crippen LogP contribution in [0.2, 0.25) is 0 Å². The third-order valence-corrected chi connectivity index (χ3v) is 1.04. The number of hydrogen-bond acceptors (Lipinski definition) is 3. The molecule has 0 aromatic carbocycles. The first-order chi connectivity index (χ1) is 4.33. The minimum Gasteiger partial charge on any atom is -0.411 e. The number of aryl methyl sites for hydroxylation is 1. The summed E-state index contributed by atoms with van der Waals surface area (Å²) >= 11 is 0. The largest absolute Gasteiger partial charge is 0.411 e. The molecule has 0 fully saturated rings. The second-order valence-electron chi connectivity index (χ2n) is 1.88. The van der Waals surface area contributed by atoms with Crippen molar-refractivity contribution in [3.8, 4) is 0 Å². The molecule has 1 aromatic rings. The van der Waals surface area contributed by atoms with Crippen LogP contribution in [0.15, 0.2) is 6.20 Å². The molecule has 0 spiro atoms. The summed E-state index contributed by atoms with van der Waals surface area (Å²) < 4.78 is 0. The maximum absolute atomic E-state index is 8.62. The summed E-state index contributed by atoms with van der Waals surface area (Å²) in [7, 11) is 0. The Hall–Kier alpha value is -1.06. The summed E-state index contributed by atoms with van der Waals surface area (Å²) in [5, 5.41) is 15.6. The van der Waals surface area contributed by atoms with E-state index in [1.165, 1.54) is 6.20 Å². The molecule has 0 saturated heterocycles. The van der Waals surface area contributed by atoms with Crippen molar-refractivity contribution >= 4 is 0 Å². The quantitative estimate of drug-likeness (QED) is 0.587. The molecule has 1 heterocycles. The van der Waals surface area contributed by atoms with Crippen LogP contribution < -0.4 is 0 Å². The van der Waals surface area contributed by atoms with Crippen LogP contribution >= 0.6 is 0 Å². The highest BCUT2D eigenvalue weighted by Gasteiger charge is 1.94. The highest BCUT2D eigenvalue weighted by atomic mass is 16.5. The molecule has 1 rings (SSSR count). The lowest BCUT2D eigenvalue weighted by molar-refractivity contribution is 0.143. The van der Waals surface area contributed by atoms with Crippen molar-refractivity contribution in [3.63, 3.8) is 0 Å². The predicted molar refractivity (Wildman–Crippen MR) is 31.2 cm³/mol. The normalized spacial score (nSPS) is 9.89. The minimum absolute atomic E-state index is 0.727. The van der Waals surface area contributed by atoms with Gasteiger partial charge in [0.15, 0.2) is 0 Å². The number of nitrogens with zero attached hydrogens (tertiary/aromatic N) is 3. The lowest BCUT2D eigenvalue weighted by Crippen LogP contribution is -1.88. The molecule has 1 N–H and O–H groups in total. The Morgan fingerprint density at radius 1 is 1.78 bits per heavy atom. The average Bonchev–Trinajstić information content (AvgIpc) is 2.17. The van der Waals surface area contributed by atoms with Gasteiger partial charge in [-0.05, 0) is 11.6 Å². The summed E-state index contributed by atoms with van der Waals surface area (Å²) in [6, 6.07) is 0. The van der Waals surface area contributed by atoms with Crippen molar-refractivity contribution in [2.24, 2.45) is 0 Å². The van der Waals surface area contributed by atoms with E-state index >= 15 is 0 Å². The van der Waals surface area contributed by atoms with E-state index in [9.17, 15) is 0 Å². The van der Waals surface area contributed by atoms with E-state index in [2.05, 4.69) is 17.2 Å². The maximum atomic E-state index is 8.62. The molecular formula is C5H9N3O. The van der Waals surface area contributed by atoms with E-state index in [1.807, 2.05) is 0 Å². The van der Waals surface area contributed by atoms with Crippen molar-refractivity contribution in [1.82, 2.24) is 15.2 Å². The van der Waals surface area contributed by atoms with Gasteiger partial charge in [0.2, 0.25) is 0 Å². The molecule has 0 radical (unpaired) electrons. The van der Waals surface area contributed by atoms with Crippen molar-refractivity contribution in [3.05, 3.63) is 11.9 Å². The lowest BCUT2D eigenvalue weighted by atomic mass is 10.3. The molecule has 0 aliphatic carbocycles. The predicted octanol–water partition coefficient (Wildman–Crippen LogP) is 0.468. The summed E-state index contributed by atoms with van der Waals surface area (Å²) in [5.74, 6) is 0. The van der Waals surface area contributed by atoms with Gasteiger partial charge in [-0.25, -0.2) is 0 Å². The second-order valence-corrected chi connectivity index (χ2v) is 1.88. The van der Waals surface area contributed by atoms with Crippen molar-refractivity contribution < 1.29 is 5.21 Å². The second kappa shape index (κ2) is 2.48. The standard InChI is InChI=1S/C5H9N3O/c1-2-3-5-4-8(9)7-6-5/h4,9H,2-3H2,1H3. The summed E-state index contributed by atoms with van der Waals surface area (Å²) in [4.78, 5) is 0.727. The molecule has 0 aliphatic heterocycles. The molecular weight excluding hydrogens is 118 g/mol. The van der Waals surface area contributed by atoms with Gasteiger partial charge in [0.05, 0.1) is 11.9 Å². The minimum atomic E-state index is 0.727. The maximum Gasteiger partial charge on any atom is 0.0900 e. The Morgan fingerprint density at radius 3 is 3.00 bits per heavy atom. The molecule has 9 heavy (non-hydrogen) atoms. The fourth-order valence-electron chi connectivity index (χ4n) is 0.659. The first kappa shape index (κ1) is 6.07. The van der Waals surface area contributed by atoms with Gasteiger partial charge in [0.1, 0.15) is 0 Å². The smallest absolute Gasteiger partial charge is 0.0900 e. The van der Waals surface area contributed by atoms with Crippen LogP contribution in [-0.2, 0) is 6.42 Å². The number of aromatic nitrogens is 3. The van der Waals surface area contributed by atoms with E-state index in [4.69, 9.17) is 5.21 Å². The third-order valence-electron chi connectivity index (χ3n) is 1.04.